The fourth-order valence-electron chi connectivity index (χ4n) is 2.65. The molecule has 8 nitrogen and oxygen atoms in total. The van der Waals surface area contributed by atoms with E-state index in [4.69, 9.17) is 15.9 Å². The maximum Gasteiger partial charge on any atom is 0.419 e. The van der Waals surface area contributed by atoms with Gasteiger partial charge in [0.15, 0.2) is 0 Å². The highest BCUT2D eigenvalue weighted by Gasteiger charge is 2.34. The molecule has 0 radical (unpaired) electrons. The van der Waals surface area contributed by atoms with Crippen LogP contribution in [0.5, 0.6) is 0 Å². The molecule has 4 N–H and O–H groups in total. The lowest BCUT2D eigenvalue weighted by Crippen LogP contribution is -2.10. The highest BCUT2D eigenvalue weighted by molar-refractivity contribution is 5.93. The third-order valence-corrected chi connectivity index (χ3v) is 4.00. The maximum atomic E-state index is 13.1. The topological polar surface area (TPSA) is 125 Å². The Morgan fingerprint density at radius 2 is 1.89 bits per heavy atom. The highest BCUT2D eigenvalue weighted by atomic mass is 19.4. The fraction of sp³-hybridized carbons (Fsp3) is 0.0588. The van der Waals surface area contributed by atoms with Gasteiger partial charge in [-0.2, -0.15) is 17.7 Å². The predicted octanol–water partition coefficient (Wildman–Crippen LogP) is 2.75. The average Bonchev–Trinajstić information content (AvgIpc) is 3.22. The van der Waals surface area contributed by atoms with E-state index in [9.17, 15) is 18.0 Å². The first-order valence-corrected chi connectivity index (χ1v) is 7.82. The second-order valence-corrected chi connectivity index (χ2v) is 5.84. The summed E-state index contributed by atoms with van der Waals surface area (Å²) >= 11 is 0. The van der Waals surface area contributed by atoms with E-state index in [1.54, 1.807) is 12.1 Å². The van der Waals surface area contributed by atoms with Crippen LogP contribution in [0.1, 0.15) is 15.9 Å². The van der Waals surface area contributed by atoms with Gasteiger partial charge in [-0.15, -0.1) is 5.10 Å². The molecule has 0 unspecified atom stereocenters. The largest absolute Gasteiger partial charge is 0.419 e. The van der Waals surface area contributed by atoms with E-state index in [1.165, 1.54) is 29.0 Å². The van der Waals surface area contributed by atoms with Crippen LogP contribution in [0.3, 0.4) is 0 Å². The van der Waals surface area contributed by atoms with Gasteiger partial charge in [-0.05, 0) is 24.3 Å². The number of nitrogens with two attached hydrogens (primary N) is 2. The smallest absolute Gasteiger partial charge is 0.403 e. The summed E-state index contributed by atoms with van der Waals surface area (Å²) in [5.74, 6) is -1.07. The number of halogens is 3. The summed E-state index contributed by atoms with van der Waals surface area (Å²) in [7, 11) is 0. The number of alkyl halides is 3. The van der Waals surface area contributed by atoms with Gasteiger partial charge in [-0.1, -0.05) is 6.07 Å². The Kier molecular flexibility index (Phi) is 3.80. The Bertz CT molecular complexity index is 1210. The van der Waals surface area contributed by atoms with Crippen LogP contribution >= 0.6 is 0 Å². The second-order valence-electron chi connectivity index (χ2n) is 5.84. The summed E-state index contributed by atoms with van der Waals surface area (Å²) in [6, 6.07) is 7.13. The van der Waals surface area contributed by atoms with Crippen LogP contribution in [-0.4, -0.2) is 25.5 Å². The van der Waals surface area contributed by atoms with Crippen LogP contribution in [0, 0.1) is 0 Å². The van der Waals surface area contributed by atoms with Crippen molar-refractivity contribution in [1.82, 2.24) is 19.6 Å². The van der Waals surface area contributed by atoms with E-state index in [2.05, 4.69) is 15.1 Å². The number of imidazole rings is 1. The molecule has 142 valence electrons. The summed E-state index contributed by atoms with van der Waals surface area (Å²) in [5.41, 5.74) is 10.6. The average molecular weight is 388 g/mol. The van der Waals surface area contributed by atoms with E-state index in [0.29, 0.717) is 5.56 Å². The number of rotatable bonds is 3. The lowest BCUT2D eigenvalue weighted by Gasteiger charge is -2.10. The molecule has 0 fully saturated rings. The third kappa shape index (κ3) is 2.92. The minimum atomic E-state index is -4.65. The molecule has 11 heteroatoms. The Balaban J connectivity index is 1.81. The molecule has 4 aromatic rings. The number of nitrogen functional groups attached to an aromatic ring is 1. The zero-order chi connectivity index (χ0) is 20.1. The summed E-state index contributed by atoms with van der Waals surface area (Å²) in [6.45, 7) is 0. The van der Waals surface area contributed by atoms with Crippen molar-refractivity contribution in [2.24, 2.45) is 5.73 Å². The van der Waals surface area contributed by atoms with Gasteiger partial charge in [0.05, 0.1) is 17.5 Å². The van der Waals surface area contributed by atoms with Crippen LogP contribution < -0.4 is 11.5 Å². The van der Waals surface area contributed by atoms with Gasteiger partial charge in [-0.25, -0.2) is 9.97 Å². The molecule has 0 aliphatic heterocycles. The minimum absolute atomic E-state index is 0.0554. The van der Waals surface area contributed by atoms with Gasteiger partial charge in [0.25, 0.3) is 0 Å². The van der Waals surface area contributed by atoms with Crippen molar-refractivity contribution in [2.45, 2.75) is 6.18 Å². The highest BCUT2D eigenvalue weighted by Crippen LogP contribution is 2.35. The van der Waals surface area contributed by atoms with E-state index in [0.717, 1.165) is 6.07 Å². The molecule has 3 aromatic heterocycles. The van der Waals surface area contributed by atoms with Crippen LogP contribution in [0.4, 0.5) is 19.0 Å². The number of carbonyl (C=O) groups is 1. The molecule has 0 aliphatic carbocycles. The Morgan fingerprint density at radius 1 is 1.11 bits per heavy atom. The number of anilines is 1. The number of nitrogens with zero attached hydrogens (tertiary/aromatic N) is 4. The Morgan fingerprint density at radius 3 is 2.61 bits per heavy atom. The van der Waals surface area contributed by atoms with Gasteiger partial charge >= 0.3 is 12.0 Å². The molecule has 0 bridgehead atoms. The van der Waals surface area contributed by atoms with E-state index in [1.807, 2.05) is 0 Å². The molecule has 0 aliphatic rings. The van der Waals surface area contributed by atoms with E-state index < -0.39 is 23.5 Å². The normalized spacial score (nSPS) is 11.8. The molecule has 0 saturated heterocycles. The first-order valence-electron chi connectivity index (χ1n) is 7.82. The Labute approximate surface area is 154 Å². The molecule has 4 rings (SSSR count). The zero-order valence-electron chi connectivity index (χ0n) is 13.9. The van der Waals surface area contributed by atoms with Crippen molar-refractivity contribution >= 4 is 17.6 Å². The number of hydrogen-bond acceptors (Lipinski definition) is 6. The van der Waals surface area contributed by atoms with Crippen LogP contribution in [0.2, 0.25) is 0 Å². The third-order valence-electron chi connectivity index (χ3n) is 4.00. The zero-order valence-corrected chi connectivity index (χ0v) is 13.9. The molecular formula is C17H11F3N6O2. The number of aromatic nitrogens is 4. The van der Waals surface area contributed by atoms with Gasteiger partial charge in [0, 0.05) is 22.9 Å². The lowest BCUT2D eigenvalue weighted by molar-refractivity contribution is -0.137. The van der Waals surface area contributed by atoms with Crippen LogP contribution in [0.25, 0.3) is 28.6 Å². The summed E-state index contributed by atoms with van der Waals surface area (Å²) in [6.07, 6.45) is -2.15. The first-order chi connectivity index (χ1) is 13.2. The molecular weight excluding hydrogens is 377 g/mol. The number of pyridine rings is 1. The molecule has 1 aromatic carbocycles. The fourth-order valence-corrected chi connectivity index (χ4v) is 2.65. The van der Waals surface area contributed by atoms with Gasteiger partial charge in [0.2, 0.25) is 11.8 Å². The number of benzene rings is 1. The number of hydrogen-bond donors (Lipinski definition) is 2. The first kappa shape index (κ1) is 17.5. The molecule has 3 heterocycles. The van der Waals surface area contributed by atoms with Crippen molar-refractivity contribution < 1.29 is 22.4 Å². The number of amides is 1. The lowest BCUT2D eigenvalue weighted by atomic mass is 10.1. The van der Waals surface area contributed by atoms with Crippen molar-refractivity contribution in [1.29, 1.82) is 0 Å². The van der Waals surface area contributed by atoms with Crippen molar-refractivity contribution in [3.63, 3.8) is 0 Å². The maximum absolute atomic E-state index is 13.1. The number of primary amides is 1. The molecule has 28 heavy (non-hydrogen) atoms. The molecule has 1 amide bonds. The van der Waals surface area contributed by atoms with Gasteiger partial charge in [0.1, 0.15) is 5.82 Å². The van der Waals surface area contributed by atoms with Crippen LogP contribution in [0.15, 0.2) is 47.1 Å². The summed E-state index contributed by atoms with van der Waals surface area (Å²) in [4.78, 5) is 19.0. The molecule has 0 atom stereocenters. The van der Waals surface area contributed by atoms with E-state index >= 15 is 0 Å². The second kappa shape index (κ2) is 6.08. The number of carbonyl (C=O) groups excluding carboxylic acids is 1. The standard InChI is InChI=1S/C17H11F3N6O2/c18-17(19,20)11-5-10(6-23-13(11)21)12-7-24-16-26(12)25-15(28-16)9-3-1-2-8(4-9)14(22)27/h1-7H,(H2,21,23)(H2,22,27). The van der Waals surface area contributed by atoms with Crippen molar-refractivity contribution in [3.05, 3.63) is 53.9 Å². The minimum Gasteiger partial charge on any atom is -0.403 e. The summed E-state index contributed by atoms with van der Waals surface area (Å²) < 4.78 is 46.1. The quantitative estimate of drug-likeness (QED) is 0.556. The van der Waals surface area contributed by atoms with Crippen LogP contribution in [-0.2, 0) is 6.18 Å². The molecule has 0 spiro atoms. The van der Waals surface area contributed by atoms with Gasteiger partial charge in [-0.3, -0.25) is 4.79 Å². The Hall–Kier alpha value is -3.89. The SMILES string of the molecule is NC(=O)c1cccc(-c2nn3c(-c4cnc(N)c(C(F)(F)F)c4)cnc3o2)c1. The van der Waals surface area contributed by atoms with E-state index in [-0.39, 0.29) is 28.6 Å². The van der Waals surface area contributed by atoms with Crippen molar-refractivity contribution in [2.75, 3.05) is 5.73 Å². The monoisotopic (exact) mass is 388 g/mol. The molecule has 0 saturated carbocycles. The predicted molar refractivity (Wildman–Crippen MR) is 91.9 cm³/mol. The number of fused-ring (bicyclic) bond motifs is 1. The van der Waals surface area contributed by atoms with Crippen molar-refractivity contribution in [3.8, 4) is 22.7 Å². The summed E-state index contributed by atoms with van der Waals surface area (Å²) in [5, 5.41) is 4.23. The van der Waals surface area contributed by atoms with Gasteiger partial charge < -0.3 is 15.9 Å².